The summed E-state index contributed by atoms with van der Waals surface area (Å²) >= 11 is 0. The van der Waals surface area contributed by atoms with Crippen molar-refractivity contribution in [3.05, 3.63) is 10.1 Å². The maximum atomic E-state index is 11.8. The summed E-state index contributed by atoms with van der Waals surface area (Å²) in [5.74, 6) is -0.994. The Morgan fingerprint density at radius 3 is 2.28 bits per heavy atom. The smallest absolute Gasteiger partial charge is 0.384 e. The van der Waals surface area contributed by atoms with E-state index in [0.717, 1.165) is 6.42 Å². The molecule has 6 heteroatoms. The predicted octanol–water partition coefficient (Wildman–Crippen LogP) is 2.12. The summed E-state index contributed by atoms with van der Waals surface area (Å²) in [7, 11) is 0. The molecule has 0 saturated carbocycles. The molecule has 104 valence electrons. The van der Waals surface area contributed by atoms with Gasteiger partial charge in [0.2, 0.25) is 0 Å². The van der Waals surface area contributed by atoms with Crippen molar-refractivity contribution in [3.8, 4) is 0 Å². The van der Waals surface area contributed by atoms with E-state index in [-0.39, 0.29) is 31.7 Å². The number of carbonyl (C=O) groups is 2. The van der Waals surface area contributed by atoms with Gasteiger partial charge >= 0.3 is 11.5 Å². The summed E-state index contributed by atoms with van der Waals surface area (Å²) in [6.45, 7) is 4.95. The number of unbranched alkanes of at least 4 members (excludes halogenated alkanes) is 1. The molecule has 6 nitrogen and oxygen atoms in total. The number of ketones is 1. The van der Waals surface area contributed by atoms with Gasteiger partial charge in [-0.05, 0) is 20.3 Å². The number of ether oxygens (including phenoxy) is 1. The highest BCUT2D eigenvalue weighted by Gasteiger charge is 2.51. The van der Waals surface area contributed by atoms with Gasteiger partial charge in [0.05, 0.1) is 6.61 Å². The molecule has 0 aromatic rings. The van der Waals surface area contributed by atoms with Gasteiger partial charge in [0.1, 0.15) is 5.78 Å². The van der Waals surface area contributed by atoms with Crippen molar-refractivity contribution in [2.75, 3.05) is 6.61 Å². The highest BCUT2D eigenvalue weighted by Crippen LogP contribution is 2.26. The molecule has 0 radical (unpaired) electrons. The van der Waals surface area contributed by atoms with Gasteiger partial charge in [-0.25, -0.2) is 4.79 Å². The molecule has 0 aliphatic heterocycles. The maximum absolute atomic E-state index is 11.8. The number of esters is 1. The number of hydrogen-bond donors (Lipinski definition) is 0. The minimum atomic E-state index is -1.77. The van der Waals surface area contributed by atoms with E-state index in [4.69, 9.17) is 4.74 Å². The predicted molar refractivity (Wildman–Crippen MR) is 65.8 cm³/mol. The van der Waals surface area contributed by atoms with Crippen LogP contribution in [0.3, 0.4) is 0 Å². The molecule has 1 atom stereocenters. The van der Waals surface area contributed by atoms with Crippen molar-refractivity contribution in [1.29, 1.82) is 0 Å². The first-order valence-corrected chi connectivity index (χ1v) is 6.21. The monoisotopic (exact) mass is 259 g/mol. The minimum Gasteiger partial charge on any atom is -0.461 e. The summed E-state index contributed by atoms with van der Waals surface area (Å²) in [4.78, 5) is 33.5. The average Bonchev–Trinajstić information content (AvgIpc) is 2.29. The lowest BCUT2D eigenvalue weighted by Crippen LogP contribution is -2.48. The fourth-order valence-corrected chi connectivity index (χ4v) is 1.70. The van der Waals surface area contributed by atoms with Gasteiger partial charge in [0.15, 0.2) is 0 Å². The first-order valence-electron chi connectivity index (χ1n) is 6.21. The summed E-state index contributed by atoms with van der Waals surface area (Å²) in [6.07, 6.45) is 1.34. The van der Waals surface area contributed by atoms with E-state index in [1.807, 2.05) is 6.92 Å². The standard InChI is InChI=1S/C12H21NO5/c1-4-6-8-12(13(16)17,9-7-10(3)14)11(15)18-5-2/h4-9H2,1-3H3. The van der Waals surface area contributed by atoms with Crippen LogP contribution in [-0.4, -0.2) is 28.8 Å². The van der Waals surface area contributed by atoms with Crippen LogP contribution in [0.2, 0.25) is 0 Å². The van der Waals surface area contributed by atoms with Crippen LogP contribution in [0, 0.1) is 10.1 Å². The zero-order valence-electron chi connectivity index (χ0n) is 11.2. The summed E-state index contributed by atoms with van der Waals surface area (Å²) in [5, 5.41) is 11.2. The van der Waals surface area contributed by atoms with Gasteiger partial charge in [-0.3, -0.25) is 10.1 Å². The van der Waals surface area contributed by atoms with Crippen LogP contribution in [0.4, 0.5) is 0 Å². The van der Waals surface area contributed by atoms with Crippen molar-refractivity contribution in [2.24, 2.45) is 0 Å². The summed E-state index contributed by atoms with van der Waals surface area (Å²) in [6, 6.07) is 0. The Hall–Kier alpha value is -1.46. The fraction of sp³-hybridized carbons (Fsp3) is 0.833. The van der Waals surface area contributed by atoms with Gasteiger partial charge in [-0.1, -0.05) is 13.3 Å². The van der Waals surface area contributed by atoms with Crippen molar-refractivity contribution in [1.82, 2.24) is 0 Å². The molecule has 0 aliphatic carbocycles. The number of Topliss-reactive ketones (excluding diaryl/α,β-unsaturated/α-hetero) is 1. The summed E-state index contributed by atoms with van der Waals surface area (Å²) in [5.41, 5.74) is -1.77. The van der Waals surface area contributed by atoms with E-state index in [1.165, 1.54) is 6.92 Å². The van der Waals surface area contributed by atoms with Gasteiger partial charge in [-0.15, -0.1) is 0 Å². The van der Waals surface area contributed by atoms with E-state index in [0.29, 0.717) is 6.42 Å². The minimum absolute atomic E-state index is 0.0174. The molecule has 0 aromatic carbocycles. The number of nitro groups is 1. The van der Waals surface area contributed by atoms with Crippen molar-refractivity contribution in [3.63, 3.8) is 0 Å². The van der Waals surface area contributed by atoms with Crippen molar-refractivity contribution >= 4 is 11.8 Å². The van der Waals surface area contributed by atoms with Crippen LogP contribution in [0.1, 0.15) is 52.9 Å². The third-order valence-corrected chi connectivity index (χ3v) is 2.84. The van der Waals surface area contributed by atoms with E-state index >= 15 is 0 Å². The van der Waals surface area contributed by atoms with E-state index in [2.05, 4.69) is 0 Å². The zero-order chi connectivity index (χ0) is 14.2. The largest absolute Gasteiger partial charge is 0.461 e. The van der Waals surface area contributed by atoms with E-state index in [1.54, 1.807) is 6.92 Å². The number of rotatable bonds is 9. The molecular formula is C12H21NO5. The quantitative estimate of drug-likeness (QED) is 0.359. The molecule has 18 heavy (non-hydrogen) atoms. The Kier molecular flexibility index (Phi) is 7.16. The number of nitrogens with zero attached hydrogens (tertiary/aromatic N) is 1. The molecule has 0 rings (SSSR count). The third-order valence-electron chi connectivity index (χ3n) is 2.84. The first-order chi connectivity index (χ1) is 8.40. The van der Waals surface area contributed by atoms with Gasteiger partial charge in [0, 0.05) is 24.2 Å². The molecule has 1 unspecified atom stereocenters. The Morgan fingerprint density at radius 2 is 1.89 bits per heavy atom. The lowest BCUT2D eigenvalue weighted by atomic mass is 9.87. The van der Waals surface area contributed by atoms with E-state index < -0.39 is 16.4 Å². The zero-order valence-corrected chi connectivity index (χ0v) is 11.2. The first kappa shape index (κ1) is 16.5. The molecule has 0 saturated heterocycles. The van der Waals surface area contributed by atoms with Crippen molar-refractivity contribution < 1.29 is 19.2 Å². The van der Waals surface area contributed by atoms with Gasteiger partial charge < -0.3 is 9.53 Å². The van der Waals surface area contributed by atoms with Crippen LogP contribution in [0.25, 0.3) is 0 Å². The topological polar surface area (TPSA) is 86.5 Å². The molecule has 0 N–H and O–H groups in total. The van der Waals surface area contributed by atoms with E-state index in [9.17, 15) is 19.7 Å². The Bertz CT molecular complexity index is 316. The SMILES string of the molecule is CCCCC(CCC(C)=O)(C(=O)OCC)[N+](=O)[O-]. The van der Waals surface area contributed by atoms with Crippen LogP contribution >= 0.6 is 0 Å². The lowest BCUT2D eigenvalue weighted by molar-refractivity contribution is -0.557. The highest BCUT2D eigenvalue weighted by molar-refractivity contribution is 5.81. The Labute approximate surface area is 107 Å². The molecular weight excluding hydrogens is 238 g/mol. The number of hydrogen-bond acceptors (Lipinski definition) is 5. The molecule has 0 fully saturated rings. The highest BCUT2D eigenvalue weighted by atomic mass is 16.6. The normalized spacial score (nSPS) is 13.7. The molecule has 0 spiro atoms. The second kappa shape index (κ2) is 7.79. The molecule has 0 amide bonds. The number of carbonyl (C=O) groups excluding carboxylic acids is 2. The lowest BCUT2D eigenvalue weighted by Gasteiger charge is -2.22. The maximum Gasteiger partial charge on any atom is 0.384 e. The van der Waals surface area contributed by atoms with Crippen molar-refractivity contribution in [2.45, 2.75) is 58.4 Å². The van der Waals surface area contributed by atoms with Gasteiger partial charge in [-0.2, -0.15) is 0 Å². The van der Waals surface area contributed by atoms with Crippen LogP contribution < -0.4 is 0 Å². The average molecular weight is 259 g/mol. The van der Waals surface area contributed by atoms with Crippen LogP contribution in [-0.2, 0) is 14.3 Å². The molecule has 0 bridgehead atoms. The van der Waals surface area contributed by atoms with Gasteiger partial charge in [0.25, 0.3) is 0 Å². The fourth-order valence-electron chi connectivity index (χ4n) is 1.70. The molecule has 0 heterocycles. The summed E-state index contributed by atoms with van der Waals surface area (Å²) < 4.78 is 4.81. The Balaban J connectivity index is 5.07. The third kappa shape index (κ3) is 4.43. The Morgan fingerprint density at radius 1 is 1.28 bits per heavy atom. The van der Waals surface area contributed by atoms with Crippen LogP contribution in [0.5, 0.6) is 0 Å². The van der Waals surface area contributed by atoms with Crippen LogP contribution in [0.15, 0.2) is 0 Å². The molecule has 0 aliphatic rings. The molecule has 0 aromatic heterocycles. The second-order valence-corrected chi connectivity index (χ2v) is 4.31. The second-order valence-electron chi connectivity index (χ2n) is 4.31.